The summed E-state index contributed by atoms with van der Waals surface area (Å²) < 4.78 is 2.64. The maximum Gasteiger partial charge on any atom is 0.0713 e. The molecule has 1 nitrogen and oxygen atoms in total. The van der Waals surface area contributed by atoms with Crippen molar-refractivity contribution in [3.8, 4) is 44.5 Å². The Morgan fingerprint density at radius 3 is 1.49 bits per heavy atom. The predicted molar refractivity (Wildman–Crippen MR) is 268 cm³/mol. The molecule has 63 heavy (non-hydrogen) atoms. The van der Waals surface area contributed by atoms with E-state index in [1.54, 1.807) is 0 Å². The third-order valence-electron chi connectivity index (χ3n) is 12.9. The van der Waals surface area contributed by atoms with Gasteiger partial charge in [-0.25, -0.2) is 0 Å². The molecule has 1 aliphatic carbocycles. The Labute approximate surface area is 372 Å². The van der Waals surface area contributed by atoms with Gasteiger partial charge in [0.15, 0.2) is 0 Å². The van der Waals surface area contributed by atoms with Crippen LogP contribution in [0.1, 0.15) is 22.3 Å². The zero-order chi connectivity index (χ0) is 41.7. The van der Waals surface area contributed by atoms with Crippen LogP contribution in [0.15, 0.2) is 249 Å². The molecule has 2 heteroatoms. The maximum atomic E-state index is 2.42. The number of thiophene rings is 1. The number of hydrogen-bond donors (Lipinski definition) is 0. The van der Waals surface area contributed by atoms with Gasteiger partial charge in [0.05, 0.1) is 5.41 Å². The van der Waals surface area contributed by atoms with Crippen molar-refractivity contribution in [2.24, 2.45) is 0 Å². The summed E-state index contributed by atoms with van der Waals surface area (Å²) in [4.78, 5) is 2.40. The van der Waals surface area contributed by atoms with Gasteiger partial charge >= 0.3 is 0 Å². The van der Waals surface area contributed by atoms with Crippen LogP contribution in [0, 0.1) is 0 Å². The zero-order valence-corrected chi connectivity index (χ0v) is 35.3. The number of hydrogen-bond acceptors (Lipinski definition) is 2. The summed E-state index contributed by atoms with van der Waals surface area (Å²) in [5, 5.41) is 2.65. The summed E-state index contributed by atoms with van der Waals surface area (Å²) in [6.45, 7) is 0. The van der Waals surface area contributed by atoms with Gasteiger partial charge < -0.3 is 4.90 Å². The van der Waals surface area contributed by atoms with Crippen molar-refractivity contribution < 1.29 is 0 Å². The molecule has 296 valence electrons. The number of benzene rings is 10. The molecule has 0 saturated carbocycles. The predicted octanol–water partition coefficient (Wildman–Crippen LogP) is 16.9. The third kappa shape index (κ3) is 6.22. The molecule has 0 spiro atoms. The van der Waals surface area contributed by atoms with Crippen LogP contribution in [-0.2, 0) is 5.41 Å². The Hall–Kier alpha value is -7.78. The van der Waals surface area contributed by atoms with Gasteiger partial charge in [-0.2, -0.15) is 0 Å². The van der Waals surface area contributed by atoms with Gasteiger partial charge in [0.25, 0.3) is 0 Å². The number of rotatable bonds is 8. The lowest BCUT2D eigenvalue weighted by atomic mass is 9.67. The Bertz CT molecular complexity index is 3400. The highest BCUT2D eigenvalue weighted by molar-refractivity contribution is 7.25. The number of anilines is 3. The van der Waals surface area contributed by atoms with Gasteiger partial charge in [-0.05, 0) is 121 Å². The molecule has 0 atom stereocenters. The second-order valence-corrected chi connectivity index (χ2v) is 17.5. The minimum Gasteiger partial charge on any atom is -0.310 e. The summed E-state index contributed by atoms with van der Waals surface area (Å²) in [5.41, 5.74) is 17.8. The molecular weight excluding hydrogens is 779 g/mol. The van der Waals surface area contributed by atoms with Gasteiger partial charge in [0.1, 0.15) is 0 Å². The van der Waals surface area contributed by atoms with E-state index in [0.29, 0.717) is 0 Å². The molecule has 0 radical (unpaired) electrons. The molecule has 0 aliphatic heterocycles. The normalized spacial score (nSPS) is 12.6. The summed E-state index contributed by atoms with van der Waals surface area (Å²) in [6.07, 6.45) is 0. The summed E-state index contributed by atoms with van der Waals surface area (Å²) in [7, 11) is 0. The van der Waals surface area contributed by atoms with Crippen LogP contribution in [0.3, 0.4) is 0 Å². The van der Waals surface area contributed by atoms with Crippen molar-refractivity contribution in [3.05, 3.63) is 271 Å². The smallest absolute Gasteiger partial charge is 0.0713 e. The maximum absolute atomic E-state index is 2.42. The molecule has 0 fully saturated rings. The highest BCUT2D eigenvalue weighted by Gasteiger charge is 2.46. The van der Waals surface area contributed by atoms with Crippen LogP contribution in [0.25, 0.3) is 64.7 Å². The second kappa shape index (κ2) is 15.3. The second-order valence-electron chi connectivity index (χ2n) is 16.4. The fraction of sp³-hybridized carbons (Fsp3) is 0.0164. The SMILES string of the molecule is c1ccc(-c2cccc(N(c3ccc(-c4ccc5c(c4)sc4ccccc45)cc3)c3cccc(-c4ccc5c(c4)-c4ccccc4C5(c4ccccc4)c4ccccc4)c3)c2)cc1. The van der Waals surface area contributed by atoms with Crippen molar-refractivity contribution in [1.29, 1.82) is 0 Å². The molecule has 1 aliphatic rings. The van der Waals surface area contributed by atoms with Crippen LogP contribution in [0.2, 0.25) is 0 Å². The van der Waals surface area contributed by atoms with E-state index in [-0.39, 0.29) is 0 Å². The van der Waals surface area contributed by atoms with Crippen molar-refractivity contribution in [2.45, 2.75) is 5.41 Å². The van der Waals surface area contributed by atoms with Gasteiger partial charge in [-0.1, -0.05) is 194 Å². The molecule has 0 unspecified atom stereocenters. The van der Waals surface area contributed by atoms with Crippen molar-refractivity contribution >= 4 is 48.6 Å². The molecule has 0 amide bonds. The largest absolute Gasteiger partial charge is 0.310 e. The van der Waals surface area contributed by atoms with E-state index in [1.807, 2.05) is 11.3 Å². The van der Waals surface area contributed by atoms with Gasteiger partial charge in [-0.3, -0.25) is 0 Å². The first-order chi connectivity index (χ1) is 31.2. The highest BCUT2D eigenvalue weighted by atomic mass is 32.1. The Kier molecular flexibility index (Phi) is 8.98. The van der Waals surface area contributed by atoms with E-state index < -0.39 is 5.41 Å². The Morgan fingerprint density at radius 2 is 0.778 bits per heavy atom. The minimum atomic E-state index is -0.425. The molecule has 0 bridgehead atoms. The van der Waals surface area contributed by atoms with E-state index >= 15 is 0 Å². The molecule has 1 aromatic heterocycles. The van der Waals surface area contributed by atoms with Gasteiger partial charge in [-0.15, -0.1) is 11.3 Å². The monoisotopic (exact) mass is 819 g/mol. The third-order valence-corrected chi connectivity index (χ3v) is 14.1. The van der Waals surface area contributed by atoms with Gasteiger partial charge in [0.2, 0.25) is 0 Å². The number of fused-ring (bicyclic) bond motifs is 6. The van der Waals surface area contributed by atoms with Crippen LogP contribution >= 0.6 is 11.3 Å². The average Bonchev–Trinajstić information content (AvgIpc) is 3.88. The summed E-state index contributed by atoms with van der Waals surface area (Å²) in [5.74, 6) is 0. The topological polar surface area (TPSA) is 3.24 Å². The van der Waals surface area contributed by atoms with Crippen molar-refractivity contribution in [1.82, 2.24) is 0 Å². The summed E-state index contributed by atoms with van der Waals surface area (Å²) >= 11 is 1.86. The van der Waals surface area contributed by atoms with Crippen molar-refractivity contribution in [3.63, 3.8) is 0 Å². The lowest BCUT2D eigenvalue weighted by Crippen LogP contribution is -2.28. The fourth-order valence-electron chi connectivity index (χ4n) is 10.1. The molecule has 0 N–H and O–H groups in total. The fourth-order valence-corrected chi connectivity index (χ4v) is 11.2. The van der Waals surface area contributed by atoms with Gasteiger partial charge in [0, 0.05) is 37.2 Å². The van der Waals surface area contributed by atoms with E-state index in [0.717, 1.165) is 17.1 Å². The molecule has 0 saturated heterocycles. The van der Waals surface area contributed by atoms with E-state index in [1.165, 1.54) is 86.9 Å². The lowest BCUT2D eigenvalue weighted by Gasteiger charge is -2.33. The van der Waals surface area contributed by atoms with E-state index in [4.69, 9.17) is 0 Å². The quantitative estimate of drug-likeness (QED) is 0.148. The molecule has 11 aromatic rings. The number of nitrogens with zero attached hydrogens (tertiary/aromatic N) is 1. The van der Waals surface area contributed by atoms with Crippen molar-refractivity contribution in [2.75, 3.05) is 4.90 Å². The summed E-state index contributed by atoms with van der Waals surface area (Å²) in [6, 6.07) is 91.4. The van der Waals surface area contributed by atoms with Crippen LogP contribution < -0.4 is 4.90 Å². The minimum absolute atomic E-state index is 0.425. The Morgan fingerprint density at radius 1 is 0.286 bits per heavy atom. The molecular formula is C61H41NS. The first-order valence-corrected chi connectivity index (χ1v) is 22.5. The van der Waals surface area contributed by atoms with E-state index in [9.17, 15) is 0 Å². The Balaban J connectivity index is 0.974. The van der Waals surface area contributed by atoms with E-state index in [2.05, 4.69) is 254 Å². The lowest BCUT2D eigenvalue weighted by molar-refractivity contribution is 0.768. The standard InChI is InChI=1S/C61H41NS/c1-4-16-42(17-5-1)44-18-14-24-51(38-44)62(50-34-30-43(31-35-50)47-32-36-55-54-27-11-13-29-59(54)63-60(55)41-47)52-25-15-19-45(39-52)46-33-37-58-56(40-46)53-26-10-12-28-57(53)61(58,48-20-6-2-7-21-48)49-22-8-3-9-23-49/h1-41H. The zero-order valence-electron chi connectivity index (χ0n) is 34.5. The van der Waals surface area contributed by atoms with Crippen LogP contribution in [0.5, 0.6) is 0 Å². The molecule has 1 heterocycles. The first-order valence-electron chi connectivity index (χ1n) is 21.7. The molecule has 10 aromatic carbocycles. The first kappa shape index (κ1) is 37.0. The highest BCUT2D eigenvalue weighted by Crippen LogP contribution is 2.56. The average molecular weight is 820 g/mol. The van der Waals surface area contributed by atoms with Crippen LogP contribution in [0.4, 0.5) is 17.1 Å². The molecule has 12 rings (SSSR count). The van der Waals surface area contributed by atoms with Crippen LogP contribution in [-0.4, -0.2) is 0 Å².